The van der Waals surface area contributed by atoms with Crippen LogP contribution in [0.1, 0.15) is 40.9 Å². The van der Waals surface area contributed by atoms with E-state index >= 15 is 0 Å². The van der Waals surface area contributed by atoms with Crippen LogP contribution in [0.15, 0.2) is 42.5 Å². The molecular weight excluding hydrogens is 397 g/mol. The quantitative estimate of drug-likeness (QED) is 0.575. The standard InChI is InChI=1S/C21H23ClFN3O3/c1-13-3-4-16(11-18(13)23)21(29)25-10-9-24-20(28)12-19(26-14(2)27)15-5-7-17(22)8-6-15/h3-8,11,19H,9-10,12H2,1-2H3,(H,24,28)(H,25,29)(H,26,27). The van der Waals surface area contributed by atoms with Crippen LogP contribution in [0, 0.1) is 12.7 Å². The van der Waals surface area contributed by atoms with Gasteiger partial charge in [-0.05, 0) is 42.3 Å². The summed E-state index contributed by atoms with van der Waals surface area (Å²) in [6, 6.07) is 10.6. The fourth-order valence-electron chi connectivity index (χ4n) is 2.66. The van der Waals surface area contributed by atoms with Gasteiger partial charge in [0.05, 0.1) is 12.5 Å². The summed E-state index contributed by atoms with van der Waals surface area (Å²) in [5.41, 5.74) is 1.44. The number of aryl methyl sites for hydroxylation is 1. The Labute approximate surface area is 173 Å². The van der Waals surface area contributed by atoms with Gasteiger partial charge in [0.1, 0.15) is 5.82 Å². The van der Waals surface area contributed by atoms with E-state index in [4.69, 9.17) is 11.6 Å². The summed E-state index contributed by atoms with van der Waals surface area (Å²) in [4.78, 5) is 35.7. The maximum Gasteiger partial charge on any atom is 0.251 e. The summed E-state index contributed by atoms with van der Waals surface area (Å²) < 4.78 is 13.5. The number of halogens is 2. The van der Waals surface area contributed by atoms with Crippen LogP contribution in [0.2, 0.25) is 5.02 Å². The van der Waals surface area contributed by atoms with Crippen LogP contribution in [0.3, 0.4) is 0 Å². The van der Waals surface area contributed by atoms with Crippen LogP contribution in [0.5, 0.6) is 0 Å². The monoisotopic (exact) mass is 419 g/mol. The average molecular weight is 420 g/mol. The van der Waals surface area contributed by atoms with E-state index in [2.05, 4.69) is 16.0 Å². The molecule has 6 nitrogen and oxygen atoms in total. The molecule has 1 atom stereocenters. The fraction of sp³-hybridized carbons (Fsp3) is 0.286. The topological polar surface area (TPSA) is 87.3 Å². The fourth-order valence-corrected chi connectivity index (χ4v) is 2.79. The molecule has 0 heterocycles. The van der Waals surface area contributed by atoms with Crippen molar-refractivity contribution in [2.24, 2.45) is 0 Å². The lowest BCUT2D eigenvalue weighted by molar-refractivity contribution is -0.122. The first-order valence-corrected chi connectivity index (χ1v) is 9.47. The van der Waals surface area contributed by atoms with Crippen molar-refractivity contribution in [1.82, 2.24) is 16.0 Å². The minimum absolute atomic E-state index is 0.0400. The molecule has 0 bridgehead atoms. The Morgan fingerprint density at radius 2 is 1.69 bits per heavy atom. The lowest BCUT2D eigenvalue weighted by atomic mass is 10.0. The van der Waals surface area contributed by atoms with Gasteiger partial charge in [0.15, 0.2) is 0 Å². The van der Waals surface area contributed by atoms with Gasteiger partial charge >= 0.3 is 0 Å². The molecule has 0 radical (unpaired) electrons. The molecule has 0 spiro atoms. The normalized spacial score (nSPS) is 11.4. The van der Waals surface area contributed by atoms with Crippen molar-refractivity contribution in [3.8, 4) is 0 Å². The Kier molecular flexibility index (Phi) is 8.15. The van der Waals surface area contributed by atoms with E-state index in [1.165, 1.54) is 25.1 Å². The van der Waals surface area contributed by atoms with E-state index in [-0.39, 0.29) is 36.9 Å². The molecule has 2 aromatic rings. The van der Waals surface area contributed by atoms with Crippen molar-refractivity contribution in [1.29, 1.82) is 0 Å². The first-order chi connectivity index (χ1) is 13.8. The third-order valence-corrected chi connectivity index (χ3v) is 4.46. The van der Waals surface area contributed by atoms with Crippen LogP contribution in [-0.4, -0.2) is 30.8 Å². The van der Waals surface area contributed by atoms with Crippen molar-refractivity contribution in [2.45, 2.75) is 26.3 Å². The summed E-state index contributed by atoms with van der Waals surface area (Å²) in [7, 11) is 0. The van der Waals surface area contributed by atoms with Crippen molar-refractivity contribution in [3.05, 3.63) is 70.0 Å². The number of hydrogen-bond acceptors (Lipinski definition) is 3. The molecule has 0 fully saturated rings. The van der Waals surface area contributed by atoms with Gasteiger partial charge in [-0.2, -0.15) is 0 Å². The molecule has 154 valence electrons. The van der Waals surface area contributed by atoms with Gasteiger partial charge in [-0.25, -0.2) is 4.39 Å². The lowest BCUT2D eigenvalue weighted by Crippen LogP contribution is -2.37. The van der Waals surface area contributed by atoms with E-state index in [9.17, 15) is 18.8 Å². The molecule has 1 unspecified atom stereocenters. The number of nitrogens with one attached hydrogen (secondary N) is 3. The number of carbonyl (C=O) groups is 3. The first-order valence-electron chi connectivity index (χ1n) is 9.10. The molecule has 0 aromatic heterocycles. The van der Waals surface area contributed by atoms with Gasteiger partial charge in [0.25, 0.3) is 5.91 Å². The van der Waals surface area contributed by atoms with E-state index in [0.29, 0.717) is 10.6 Å². The number of rotatable bonds is 8. The molecule has 2 rings (SSSR count). The number of carbonyl (C=O) groups excluding carboxylic acids is 3. The maximum atomic E-state index is 13.5. The summed E-state index contributed by atoms with van der Waals surface area (Å²) >= 11 is 5.88. The second kappa shape index (κ2) is 10.6. The number of amides is 3. The number of benzene rings is 2. The highest BCUT2D eigenvalue weighted by molar-refractivity contribution is 6.30. The molecule has 0 aliphatic rings. The van der Waals surface area contributed by atoms with E-state index in [1.807, 2.05) is 0 Å². The third-order valence-electron chi connectivity index (χ3n) is 4.21. The SMILES string of the molecule is CC(=O)NC(CC(=O)NCCNC(=O)c1ccc(C)c(F)c1)c1ccc(Cl)cc1. The Morgan fingerprint density at radius 1 is 1.03 bits per heavy atom. The van der Waals surface area contributed by atoms with Gasteiger partial charge in [0, 0.05) is 30.6 Å². The van der Waals surface area contributed by atoms with Crippen LogP contribution in [0.4, 0.5) is 4.39 Å². The molecule has 0 saturated heterocycles. The Balaban J connectivity index is 1.82. The first kappa shape index (κ1) is 22.4. The van der Waals surface area contributed by atoms with Gasteiger partial charge in [-0.1, -0.05) is 29.8 Å². The summed E-state index contributed by atoms with van der Waals surface area (Å²) in [6.07, 6.45) is 0.0400. The Hall–Kier alpha value is -2.93. The molecule has 0 aliphatic carbocycles. The Bertz CT molecular complexity index is 887. The van der Waals surface area contributed by atoms with E-state index in [1.54, 1.807) is 31.2 Å². The second-order valence-corrected chi connectivity index (χ2v) is 7.02. The highest BCUT2D eigenvalue weighted by atomic mass is 35.5. The lowest BCUT2D eigenvalue weighted by Gasteiger charge is -2.18. The molecule has 8 heteroatoms. The van der Waals surface area contributed by atoms with Crippen molar-refractivity contribution < 1.29 is 18.8 Å². The maximum absolute atomic E-state index is 13.5. The molecule has 0 aliphatic heterocycles. The minimum atomic E-state index is -0.491. The van der Waals surface area contributed by atoms with Crippen molar-refractivity contribution >= 4 is 29.3 Å². The van der Waals surface area contributed by atoms with Gasteiger partial charge in [-0.3, -0.25) is 14.4 Å². The molecular formula is C21H23ClFN3O3. The number of hydrogen-bond donors (Lipinski definition) is 3. The van der Waals surface area contributed by atoms with Gasteiger partial charge in [-0.15, -0.1) is 0 Å². The summed E-state index contributed by atoms with van der Waals surface area (Å²) in [6.45, 7) is 3.38. The van der Waals surface area contributed by atoms with Crippen LogP contribution in [-0.2, 0) is 9.59 Å². The average Bonchev–Trinajstić information content (AvgIpc) is 2.67. The minimum Gasteiger partial charge on any atom is -0.354 e. The van der Waals surface area contributed by atoms with E-state index in [0.717, 1.165) is 5.56 Å². The zero-order valence-electron chi connectivity index (χ0n) is 16.2. The van der Waals surface area contributed by atoms with E-state index < -0.39 is 17.8 Å². The molecule has 29 heavy (non-hydrogen) atoms. The largest absolute Gasteiger partial charge is 0.354 e. The van der Waals surface area contributed by atoms with Crippen molar-refractivity contribution in [3.63, 3.8) is 0 Å². The molecule has 0 saturated carbocycles. The zero-order valence-corrected chi connectivity index (χ0v) is 17.0. The zero-order chi connectivity index (χ0) is 21.4. The highest BCUT2D eigenvalue weighted by Gasteiger charge is 2.17. The van der Waals surface area contributed by atoms with Crippen LogP contribution >= 0.6 is 11.6 Å². The third kappa shape index (κ3) is 7.19. The van der Waals surface area contributed by atoms with Crippen LogP contribution in [0.25, 0.3) is 0 Å². The van der Waals surface area contributed by atoms with Gasteiger partial charge in [0.2, 0.25) is 11.8 Å². The molecule has 3 amide bonds. The summed E-state index contributed by atoms with van der Waals surface area (Å²) in [5, 5.41) is 8.61. The second-order valence-electron chi connectivity index (χ2n) is 6.58. The molecule has 3 N–H and O–H groups in total. The van der Waals surface area contributed by atoms with Crippen LogP contribution < -0.4 is 16.0 Å². The summed E-state index contributed by atoms with van der Waals surface area (Å²) in [5.74, 6) is -1.41. The smallest absolute Gasteiger partial charge is 0.251 e. The Morgan fingerprint density at radius 3 is 2.31 bits per heavy atom. The van der Waals surface area contributed by atoms with Gasteiger partial charge < -0.3 is 16.0 Å². The predicted octanol–water partition coefficient (Wildman–Crippen LogP) is 2.90. The van der Waals surface area contributed by atoms with Crippen molar-refractivity contribution in [2.75, 3.05) is 13.1 Å². The molecule has 2 aromatic carbocycles. The predicted molar refractivity (Wildman–Crippen MR) is 109 cm³/mol. The highest BCUT2D eigenvalue weighted by Crippen LogP contribution is 2.19.